The average Bonchev–Trinajstić information content (AvgIpc) is 2.88. The molecule has 3 aromatic rings. The van der Waals surface area contributed by atoms with Crippen molar-refractivity contribution in [1.29, 1.82) is 0 Å². The van der Waals surface area contributed by atoms with Gasteiger partial charge in [0.25, 0.3) is 5.91 Å². The first-order chi connectivity index (χ1) is 11.5. The van der Waals surface area contributed by atoms with Crippen LogP contribution in [0.25, 0.3) is 11.0 Å². The van der Waals surface area contributed by atoms with E-state index >= 15 is 0 Å². The molecule has 1 heterocycles. The molecular weight excluding hydrogens is 307 g/mol. The number of amides is 1. The normalized spacial score (nSPS) is 11.7. The number of aryl methyl sites for hydroxylation is 1. The molecule has 0 saturated heterocycles. The Morgan fingerprint density at radius 2 is 2.04 bits per heavy atom. The molecule has 24 heavy (non-hydrogen) atoms. The minimum absolute atomic E-state index is 0.117. The molecule has 122 valence electrons. The first kappa shape index (κ1) is 15.9. The Kier molecular flexibility index (Phi) is 4.37. The van der Waals surface area contributed by atoms with Crippen molar-refractivity contribution in [3.8, 4) is 0 Å². The summed E-state index contributed by atoms with van der Waals surface area (Å²) < 4.78 is 15.0. The maximum absolute atomic E-state index is 13.2. The molecule has 0 bridgehead atoms. The molecule has 0 aliphatic heterocycles. The largest absolute Gasteiger partial charge is 0.319 e. The lowest BCUT2D eigenvalue weighted by atomic mass is 10.1. The number of hydrogen-bond acceptors (Lipinski definition) is 3. The van der Waals surface area contributed by atoms with E-state index in [9.17, 15) is 9.18 Å². The van der Waals surface area contributed by atoms with Crippen LogP contribution in [0.4, 0.5) is 4.39 Å². The Balaban J connectivity index is 1.73. The molecule has 0 fully saturated rings. The summed E-state index contributed by atoms with van der Waals surface area (Å²) in [6.45, 7) is 3.69. The first-order valence-electron chi connectivity index (χ1n) is 7.55. The monoisotopic (exact) mass is 324 g/mol. The molecule has 1 aromatic heterocycles. The minimum atomic E-state index is -0.339. The second kappa shape index (κ2) is 6.62. The highest BCUT2D eigenvalue weighted by Gasteiger charge is 2.10. The predicted molar refractivity (Wildman–Crippen MR) is 91.2 cm³/mol. The van der Waals surface area contributed by atoms with E-state index in [0.29, 0.717) is 11.3 Å². The fraction of sp³-hybridized carbons (Fsp3) is 0.167. The number of hydrogen-bond donors (Lipinski definition) is 1. The van der Waals surface area contributed by atoms with Crippen LogP contribution in [0.2, 0.25) is 0 Å². The molecule has 2 aromatic carbocycles. The van der Waals surface area contributed by atoms with E-state index in [1.807, 2.05) is 35.8 Å². The van der Waals surface area contributed by atoms with Crippen molar-refractivity contribution in [3.63, 3.8) is 0 Å². The van der Waals surface area contributed by atoms with Crippen LogP contribution in [-0.2, 0) is 11.3 Å². The highest BCUT2D eigenvalue weighted by molar-refractivity contribution is 5.99. The molecular formula is C18H17FN4O. The summed E-state index contributed by atoms with van der Waals surface area (Å²) in [5.74, 6) is 0.156. The van der Waals surface area contributed by atoms with Gasteiger partial charge in [-0.1, -0.05) is 24.3 Å². The van der Waals surface area contributed by atoms with E-state index in [2.05, 4.69) is 15.5 Å². The lowest BCUT2D eigenvalue weighted by Gasteiger charge is -2.06. The van der Waals surface area contributed by atoms with Gasteiger partial charge in [-0.2, -0.15) is 5.10 Å². The van der Waals surface area contributed by atoms with Crippen LogP contribution in [0.15, 0.2) is 53.6 Å². The highest BCUT2D eigenvalue weighted by Crippen LogP contribution is 2.15. The molecule has 0 unspecified atom stereocenters. The zero-order chi connectivity index (χ0) is 17.1. The van der Waals surface area contributed by atoms with Crippen molar-refractivity contribution in [2.75, 3.05) is 0 Å². The van der Waals surface area contributed by atoms with Crippen LogP contribution in [0.5, 0.6) is 0 Å². The van der Waals surface area contributed by atoms with Gasteiger partial charge in [0.15, 0.2) is 0 Å². The Bertz CT molecular complexity index is 930. The number of fused-ring (bicyclic) bond motifs is 1. The van der Waals surface area contributed by atoms with Crippen LogP contribution >= 0.6 is 0 Å². The third-order valence-electron chi connectivity index (χ3n) is 3.74. The van der Waals surface area contributed by atoms with Crippen LogP contribution in [0.3, 0.4) is 0 Å². The Morgan fingerprint density at radius 1 is 1.25 bits per heavy atom. The van der Waals surface area contributed by atoms with E-state index in [1.165, 1.54) is 12.1 Å². The molecule has 6 heteroatoms. The van der Waals surface area contributed by atoms with Crippen molar-refractivity contribution in [3.05, 3.63) is 65.7 Å². The van der Waals surface area contributed by atoms with Gasteiger partial charge in [0.2, 0.25) is 0 Å². The zero-order valence-corrected chi connectivity index (χ0v) is 13.5. The van der Waals surface area contributed by atoms with Crippen LogP contribution < -0.4 is 5.43 Å². The minimum Gasteiger partial charge on any atom is -0.319 e. The van der Waals surface area contributed by atoms with Gasteiger partial charge in [-0.15, -0.1) is 0 Å². The topological polar surface area (TPSA) is 59.3 Å². The van der Waals surface area contributed by atoms with Crippen molar-refractivity contribution in [2.24, 2.45) is 5.10 Å². The van der Waals surface area contributed by atoms with Gasteiger partial charge in [0.1, 0.15) is 18.2 Å². The molecule has 0 aliphatic rings. The molecule has 5 nitrogen and oxygen atoms in total. The van der Waals surface area contributed by atoms with Gasteiger partial charge < -0.3 is 4.57 Å². The Labute approximate surface area is 138 Å². The number of nitrogens with one attached hydrogen (secondary N) is 1. The van der Waals surface area contributed by atoms with Gasteiger partial charge in [-0.25, -0.2) is 14.8 Å². The molecule has 1 amide bonds. The third kappa shape index (κ3) is 3.32. The summed E-state index contributed by atoms with van der Waals surface area (Å²) in [7, 11) is 0. The average molecular weight is 324 g/mol. The smallest absolute Gasteiger partial charge is 0.260 e. The van der Waals surface area contributed by atoms with Gasteiger partial charge in [-0.3, -0.25) is 4.79 Å². The SMILES string of the molecule is C/C(=N\NC(=O)Cn1c(C)nc2ccccc21)c1cccc(F)c1. The lowest BCUT2D eigenvalue weighted by Crippen LogP contribution is -2.24. The number of nitrogens with zero attached hydrogens (tertiary/aromatic N) is 3. The van der Waals surface area contributed by atoms with Crippen molar-refractivity contribution in [2.45, 2.75) is 20.4 Å². The number of para-hydroxylation sites is 2. The van der Waals surface area contributed by atoms with Gasteiger partial charge in [0.05, 0.1) is 16.7 Å². The lowest BCUT2D eigenvalue weighted by molar-refractivity contribution is -0.121. The molecule has 3 rings (SSSR count). The number of aromatic nitrogens is 2. The number of imidazole rings is 1. The van der Waals surface area contributed by atoms with E-state index < -0.39 is 0 Å². The number of benzene rings is 2. The fourth-order valence-corrected chi connectivity index (χ4v) is 2.50. The molecule has 0 saturated carbocycles. The highest BCUT2D eigenvalue weighted by atomic mass is 19.1. The first-order valence-corrected chi connectivity index (χ1v) is 7.55. The Hall–Kier alpha value is -3.02. The summed E-state index contributed by atoms with van der Waals surface area (Å²) in [6.07, 6.45) is 0. The standard InChI is InChI=1S/C18H17FN4O/c1-12(14-6-5-7-15(19)10-14)21-22-18(24)11-23-13(2)20-16-8-3-4-9-17(16)23/h3-10H,11H2,1-2H3,(H,22,24)/b21-12+. The van der Waals surface area contributed by atoms with Crippen LogP contribution in [-0.4, -0.2) is 21.2 Å². The van der Waals surface area contributed by atoms with E-state index in [4.69, 9.17) is 0 Å². The van der Waals surface area contributed by atoms with Gasteiger partial charge in [0, 0.05) is 5.56 Å². The molecule has 0 radical (unpaired) electrons. The zero-order valence-electron chi connectivity index (χ0n) is 13.5. The molecule has 0 atom stereocenters. The van der Waals surface area contributed by atoms with Crippen LogP contribution in [0, 0.1) is 12.7 Å². The second-order valence-corrected chi connectivity index (χ2v) is 5.48. The summed E-state index contributed by atoms with van der Waals surface area (Å²) in [5.41, 5.74) is 5.42. The summed E-state index contributed by atoms with van der Waals surface area (Å²) in [6, 6.07) is 13.7. The summed E-state index contributed by atoms with van der Waals surface area (Å²) in [5, 5.41) is 4.04. The van der Waals surface area contributed by atoms with E-state index in [0.717, 1.165) is 16.9 Å². The third-order valence-corrected chi connectivity index (χ3v) is 3.74. The molecule has 0 aliphatic carbocycles. The molecule has 1 N–H and O–H groups in total. The molecule has 0 spiro atoms. The van der Waals surface area contributed by atoms with Crippen molar-refractivity contribution in [1.82, 2.24) is 15.0 Å². The number of carbonyl (C=O) groups excluding carboxylic acids is 1. The van der Waals surface area contributed by atoms with Crippen molar-refractivity contribution >= 4 is 22.7 Å². The van der Waals surface area contributed by atoms with Gasteiger partial charge >= 0.3 is 0 Å². The number of rotatable bonds is 4. The number of halogens is 1. The van der Waals surface area contributed by atoms with Crippen LogP contribution in [0.1, 0.15) is 18.3 Å². The Morgan fingerprint density at radius 3 is 2.83 bits per heavy atom. The number of carbonyl (C=O) groups is 1. The summed E-state index contributed by atoms with van der Waals surface area (Å²) >= 11 is 0. The van der Waals surface area contributed by atoms with E-state index in [-0.39, 0.29) is 18.3 Å². The number of hydrazone groups is 1. The second-order valence-electron chi connectivity index (χ2n) is 5.48. The van der Waals surface area contributed by atoms with E-state index in [1.54, 1.807) is 19.1 Å². The quantitative estimate of drug-likeness (QED) is 0.592. The maximum atomic E-state index is 13.2. The fourth-order valence-electron chi connectivity index (χ4n) is 2.50. The predicted octanol–water partition coefficient (Wildman–Crippen LogP) is 3.02. The van der Waals surface area contributed by atoms with Crippen molar-refractivity contribution < 1.29 is 9.18 Å². The summed E-state index contributed by atoms with van der Waals surface area (Å²) in [4.78, 5) is 16.6. The van der Waals surface area contributed by atoms with Gasteiger partial charge in [-0.05, 0) is 38.1 Å². The maximum Gasteiger partial charge on any atom is 0.260 e.